The number of hydrogen-bond donors (Lipinski definition) is 0. The molecule has 2 aromatic rings. The SMILES string of the molecule is O=c1n(CCN2CCOCC2)c2cc(Cl)c(Cl)cc2n1C1CCN(CC2CCCCC2)CC1. The van der Waals surface area contributed by atoms with Crippen LogP contribution in [0.1, 0.15) is 51.0 Å². The Labute approximate surface area is 206 Å². The predicted octanol–water partition coefficient (Wildman–Crippen LogP) is 4.66. The molecule has 0 bridgehead atoms. The number of piperidine rings is 1. The number of halogens is 2. The standard InChI is InChI=1S/C25H36Cl2N4O2/c26-21-16-23-24(17-22(21)27)31(25(32)30(23)11-10-28-12-14-33-15-13-28)20-6-8-29(9-7-20)18-19-4-2-1-3-5-19/h16-17,19-20H,1-15,18H2. The van der Waals surface area contributed by atoms with Crippen molar-refractivity contribution < 1.29 is 4.74 Å². The predicted molar refractivity (Wildman–Crippen MR) is 135 cm³/mol. The van der Waals surface area contributed by atoms with E-state index in [-0.39, 0.29) is 11.7 Å². The Morgan fingerprint density at radius 3 is 2.18 bits per heavy atom. The highest BCUT2D eigenvalue weighted by Crippen LogP contribution is 2.32. The van der Waals surface area contributed by atoms with Crippen LogP contribution in [0.15, 0.2) is 16.9 Å². The van der Waals surface area contributed by atoms with E-state index >= 15 is 0 Å². The topological polar surface area (TPSA) is 42.6 Å². The molecule has 0 unspecified atom stereocenters. The molecule has 5 rings (SSSR count). The third-order valence-electron chi connectivity index (χ3n) is 7.91. The number of imidazole rings is 1. The van der Waals surface area contributed by atoms with Crippen LogP contribution in [0.25, 0.3) is 11.0 Å². The zero-order valence-electron chi connectivity index (χ0n) is 19.5. The van der Waals surface area contributed by atoms with Crippen LogP contribution in [0.2, 0.25) is 10.0 Å². The molecule has 3 aliphatic rings. The fourth-order valence-corrected chi connectivity index (χ4v) is 6.32. The highest BCUT2D eigenvalue weighted by molar-refractivity contribution is 6.42. The van der Waals surface area contributed by atoms with Gasteiger partial charge in [-0.25, -0.2) is 4.79 Å². The Kier molecular flexibility index (Phi) is 7.67. The fourth-order valence-electron chi connectivity index (χ4n) is 6.00. The molecule has 1 aliphatic carbocycles. The lowest BCUT2D eigenvalue weighted by Crippen LogP contribution is -2.41. The van der Waals surface area contributed by atoms with Crippen LogP contribution in [0.4, 0.5) is 0 Å². The van der Waals surface area contributed by atoms with Gasteiger partial charge in [0, 0.05) is 51.9 Å². The van der Waals surface area contributed by atoms with E-state index in [2.05, 4.69) is 9.80 Å². The number of morpholine rings is 1. The summed E-state index contributed by atoms with van der Waals surface area (Å²) in [6, 6.07) is 3.97. The van der Waals surface area contributed by atoms with Gasteiger partial charge in [-0.3, -0.25) is 14.0 Å². The Morgan fingerprint density at radius 1 is 0.818 bits per heavy atom. The summed E-state index contributed by atoms with van der Waals surface area (Å²) >= 11 is 12.8. The molecule has 3 fully saturated rings. The molecule has 2 saturated heterocycles. The van der Waals surface area contributed by atoms with Gasteiger partial charge in [0.05, 0.1) is 34.3 Å². The first-order chi connectivity index (χ1) is 16.1. The van der Waals surface area contributed by atoms with Gasteiger partial charge in [0.25, 0.3) is 0 Å². The number of benzene rings is 1. The Hall–Kier alpha value is -1.05. The van der Waals surface area contributed by atoms with Gasteiger partial charge >= 0.3 is 5.69 Å². The Bertz CT molecular complexity index is 1000. The van der Waals surface area contributed by atoms with E-state index in [1.165, 1.54) is 38.6 Å². The summed E-state index contributed by atoms with van der Waals surface area (Å²) in [5.74, 6) is 0.862. The molecule has 0 amide bonds. The molecule has 33 heavy (non-hydrogen) atoms. The Morgan fingerprint density at radius 2 is 1.48 bits per heavy atom. The zero-order valence-corrected chi connectivity index (χ0v) is 21.0. The lowest BCUT2D eigenvalue weighted by Gasteiger charge is -2.35. The molecule has 0 atom stereocenters. The minimum atomic E-state index is 0.0716. The summed E-state index contributed by atoms with van der Waals surface area (Å²) in [5.41, 5.74) is 1.89. The van der Waals surface area contributed by atoms with Crippen molar-refractivity contribution in [2.75, 3.05) is 52.5 Å². The second-order valence-corrected chi connectivity index (χ2v) is 10.9. The average Bonchev–Trinajstić information content (AvgIpc) is 3.10. The molecular formula is C25H36Cl2N4O2. The molecule has 6 nitrogen and oxygen atoms in total. The number of ether oxygens (including phenoxy) is 1. The zero-order chi connectivity index (χ0) is 22.8. The summed E-state index contributed by atoms with van der Waals surface area (Å²) in [4.78, 5) is 18.6. The molecule has 0 N–H and O–H groups in total. The van der Waals surface area contributed by atoms with Gasteiger partial charge in [-0.2, -0.15) is 0 Å². The van der Waals surface area contributed by atoms with Gasteiger partial charge in [-0.15, -0.1) is 0 Å². The van der Waals surface area contributed by atoms with Gasteiger partial charge in [0.2, 0.25) is 0 Å². The largest absolute Gasteiger partial charge is 0.379 e. The van der Waals surface area contributed by atoms with Crippen molar-refractivity contribution in [2.45, 2.75) is 57.5 Å². The maximum atomic E-state index is 13.7. The first-order valence-electron chi connectivity index (χ1n) is 12.7. The van der Waals surface area contributed by atoms with Crippen molar-refractivity contribution in [3.8, 4) is 0 Å². The summed E-state index contributed by atoms with van der Waals surface area (Å²) in [7, 11) is 0. The van der Waals surface area contributed by atoms with Gasteiger partial charge in [0.15, 0.2) is 0 Å². The highest BCUT2D eigenvalue weighted by atomic mass is 35.5. The number of rotatable bonds is 6. The van der Waals surface area contributed by atoms with Gasteiger partial charge < -0.3 is 9.64 Å². The monoisotopic (exact) mass is 494 g/mol. The third kappa shape index (κ3) is 5.30. The third-order valence-corrected chi connectivity index (χ3v) is 8.63. The summed E-state index contributed by atoms with van der Waals surface area (Å²) in [6.07, 6.45) is 8.98. The van der Waals surface area contributed by atoms with Crippen molar-refractivity contribution in [1.29, 1.82) is 0 Å². The minimum Gasteiger partial charge on any atom is -0.379 e. The van der Waals surface area contributed by atoms with Crippen molar-refractivity contribution in [3.05, 3.63) is 32.7 Å². The summed E-state index contributed by atoms with van der Waals surface area (Å²) < 4.78 is 9.38. The van der Waals surface area contributed by atoms with Crippen LogP contribution >= 0.6 is 23.2 Å². The van der Waals surface area contributed by atoms with Crippen LogP contribution in [0.5, 0.6) is 0 Å². The van der Waals surface area contributed by atoms with E-state index < -0.39 is 0 Å². The number of aromatic nitrogens is 2. The lowest BCUT2D eigenvalue weighted by atomic mass is 9.88. The van der Waals surface area contributed by atoms with E-state index in [1.54, 1.807) is 0 Å². The molecule has 2 aliphatic heterocycles. The Balaban J connectivity index is 1.34. The first-order valence-corrected chi connectivity index (χ1v) is 13.5. The molecule has 1 aromatic carbocycles. The molecular weight excluding hydrogens is 459 g/mol. The first kappa shape index (κ1) is 23.7. The number of fused-ring (bicyclic) bond motifs is 1. The van der Waals surface area contributed by atoms with Gasteiger partial charge in [0.1, 0.15) is 0 Å². The number of nitrogens with zero attached hydrogens (tertiary/aromatic N) is 4. The molecule has 1 aromatic heterocycles. The van der Waals surface area contributed by atoms with Gasteiger partial charge in [-0.05, 0) is 43.7 Å². The van der Waals surface area contributed by atoms with Crippen molar-refractivity contribution in [1.82, 2.24) is 18.9 Å². The molecule has 8 heteroatoms. The molecule has 182 valence electrons. The van der Waals surface area contributed by atoms with Crippen molar-refractivity contribution in [3.63, 3.8) is 0 Å². The second-order valence-electron chi connectivity index (χ2n) is 10.0. The van der Waals surface area contributed by atoms with Crippen molar-refractivity contribution in [2.24, 2.45) is 5.92 Å². The van der Waals surface area contributed by atoms with Crippen LogP contribution < -0.4 is 5.69 Å². The fraction of sp³-hybridized carbons (Fsp3) is 0.720. The van der Waals surface area contributed by atoms with E-state index in [1.807, 2.05) is 21.3 Å². The average molecular weight is 495 g/mol. The van der Waals surface area contributed by atoms with Crippen LogP contribution in [-0.2, 0) is 11.3 Å². The van der Waals surface area contributed by atoms with E-state index in [0.29, 0.717) is 16.6 Å². The normalized spacial score (nSPS) is 22.4. The smallest absolute Gasteiger partial charge is 0.329 e. The molecule has 1 saturated carbocycles. The number of hydrogen-bond acceptors (Lipinski definition) is 4. The van der Waals surface area contributed by atoms with Crippen molar-refractivity contribution >= 4 is 34.2 Å². The highest BCUT2D eigenvalue weighted by Gasteiger charge is 2.27. The number of likely N-dealkylation sites (tertiary alicyclic amines) is 1. The molecule has 3 heterocycles. The molecule has 0 radical (unpaired) electrons. The summed E-state index contributed by atoms with van der Waals surface area (Å²) in [5, 5.41) is 1.02. The minimum absolute atomic E-state index is 0.0716. The second kappa shape index (κ2) is 10.7. The van der Waals surface area contributed by atoms with E-state index in [9.17, 15) is 4.79 Å². The lowest BCUT2D eigenvalue weighted by molar-refractivity contribution is 0.0364. The maximum Gasteiger partial charge on any atom is 0.329 e. The molecule has 0 spiro atoms. The van der Waals surface area contributed by atoms with Crippen LogP contribution in [0, 0.1) is 5.92 Å². The van der Waals surface area contributed by atoms with Crippen LogP contribution in [-0.4, -0.2) is 71.4 Å². The van der Waals surface area contributed by atoms with E-state index in [0.717, 1.165) is 75.7 Å². The quantitative estimate of drug-likeness (QED) is 0.585. The maximum absolute atomic E-state index is 13.7. The van der Waals surface area contributed by atoms with Gasteiger partial charge in [-0.1, -0.05) is 42.5 Å². The van der Waals surface area contributed by atoms with E-state index in [4.69, 9.17) is 27.9 Å². The van der Waals surface area contributed by atoms with Crippen LogP contribution in [0.3, 0.4) is 0 Å². The summed E-state index contributed by atoms with van der Waals surface area (Å²) in [6.45, 7) is 8.20.